The third-order valence-corrected chi connectivity index (χ3v) is 9.91. The summed E-state index contributed by atoms with van der Waals surface area (Å²) in [6, 6.07) is 0. The molecule has 0 bridgehead atoms. The van der Waals surface area contributed by atoms with Crippen LogP contribution in [0, 0.1) is 0 Å². The fourth-order valence-electron chi connectivity index (χ4n) is 5.45. The number of hydrogen-bond acceptors (Lipinski definition) is 7. The number of ketones is 1. The Morgan fingerprint density at radius 2 is 1.15 bits per heavy atom. The molecule has 0 aliphatic carbocycles. The summed E-state index contributed by atoms with van der Waals surface area (Å²) in [5.74, 6) is -0.133. The van der Waals surface area contributed by atoms with E-state index in [0.717, 1.165) is 83.5 Å². The van der Waals surface area contributed by atoms with E-state index in [4.69, 9.17) is 18.5 Å². The van der Waals surface area contributed by atoms with Gasteiger partial charge < -0.3 is 18.9 Å². The number of phosphoric ester groups is 1. The number of nitrogens with zero attached hydrogens (tertiary/aromatic N) is 1. The Bertz CT molecular complexity index is 1070. The van der Waals surface area contributed by atoms with Crippen LogP contribution in [0.15, 0.2) is 48.8 Å². The number of carbonyl (C=O) groups excluding carboxylic acids is 2. The number of likely N-dealkylation sites (N-methyl/N-ethyl adjacent to an activating group) is 1. The molecule has 0 heterocycles. The van der Waals surface area contributed by atoms with Gasteiger partial charge in [0.25, 0.3) is 0 Å². The zero-order valence-electron chi connectivity index (χ0n) is 35.2. The first-order valence-corrected chi connectivity index (χ1v) is 22.9. The van der Waals surface area contributed by atoms with Crippen molar-refractivity contribution in [2.45, 2.75) is 174 Å². The molecule has 0 saturated heterocycles. The number of ether oxygens (including phenoxy) is 2. The molecular weight excluding hydrogens is 701 g/mol. The smallest absolute Gasteiger partial charge is 0.472 e. The molecule has 0 spiro atoms. The van der Waals surface area contributed by atoms with Crippen molar-refractivity contribution in [3.63, 3.8) is 0 Å². The van der Waals surface area contributed by atoms with Crippen molar-refractivity contribution < 1.29 is 42.1 Å². The quantitative estimate of drug-likeness (QED) is 0.00959. The standard InChI is InChI=1S/C44H80NO8P/c1-6-8-10-11-12-13-14-15-16-17-18-19-23-26-29-33-38-50-43(41-53-54(48,49)52-39-37-45(3,4)5)40-51-44(47)36-32-28-25-22-20-21-24-27-31-35-42(46)34-30-9-7-2/h15-16,24,27,31,33,35,38,43H,6-14,17-23,25-26,28-30,32,34,36-37,39-41H2,1-5H3/p+1/b16-15-,27-24-,35-31+,38-33+/t43-/m1/s1. The predicted octanol–water partition coefficient (Wildman–Crippen LogP) is 11.9. The first-order chi connectivity index (χ1) is 26.0. The van der Waals surface area contributed by atoms with Crippen LogP contribution in [0.5, 0.6) is 0 Å². The fourth-order valence-corrected chi connectivity index (χ4v) is 6.19. The second kappa shape index (κ2) is 36.6. The summed E-state index contributed by atoms with van der Waals surface area (Å²) in [5, 5.41) is 0. The summed E-state index contributed by atoms with van der Waals surface area (Å²) < 4.78 is 34.7. The van der Waals surface area contributed by atoms with Gasteiger partial charge in [-0.1, -0.05) is 121 Å². The zero-order chi connectivity index (χ0) is 40.0. The highest BCUT2D eigenvalue weighted by atomic mass is 31.2. The lowest BCUT2D eigenvalue weighted by Crippen LogP contribution is -2.37. The first kappa shape index (κ1) is 52.0. The van der Waals surface area contributed by atoms with E-state index in [2.05, 4.69) is 32.1 Å². The van der Waals surface area contributed by atoms with Crippen molar-refractivity contribution >= 4 is 19.6 Å². The minimum absolute atomic E-state index is 0.0721. The molecule has 0 radical (unpaired) electrons. The number of hydrogen-bond donors (Lipinski definition) is 1. The second-order valence-electron chi connectivity index (χ2n) is 15.5. The van der Waals surface area contributed by atoms with E-state index < -0.39 is 13.9 Å². The van der Waals surface area contributed by atoms with Crippen LogP contribution in [0.25, 0.3) is 0 Å². The average molecular weight is 783 g/mol. The fraction of sp³-hybridized carbons (Fsp3) is 0.773. The molecule has 0 saturated carbocycles. The largest absolute Gasteiger partial charge is 0.492 e. The van der Waals surface area contributed by atoms with Gasteiger partial charge >= 0.3 is 13.8 Å². The summed E-state index contributed by atoms with van der Waals surface area (Å²) >= 11 is 0. The monoisotopic (exact) mass is 783 g/mol. The number of rotatable bonds is 39. The molecule has 1 N–H and O–H groups in total. The number of esters is 1. The molecule has 0 amide bonds. The predicted molar refractivity (Wildman–Crippen MR) is 224 cm³/mol. The topological polar surface area (TPSA) is 108 Å². The average Bonchev–Trinajstić information content (AvgIpc) is 3.12. The summed E-state index contributed by atoms with van der Waals surface area (Å²) in [5.41, 5.74) is 0. The third kappa shape index (κ3) is 39.7. The Morgan fingerprint density at radius 3 is 1.76 bits per heavy atom. The number of unbranched alkanes of at least 4 members (excludes halogenated alkanes) is 18. The Kier molecular flexibility index (Phi) is 35.2. The molecule has 0 rings (SSSR count). The molecule has 2 atom stereocenters. The van der Waals surface area contributed by atoms with Crippen LogP contribution in [-0.4, -0.2) is 74.7 Å². The molecule has 0 aliphatic heterocycles. The number of phosphoric acid groups is 1. The lowest BCUT2D eigenvalue weighted by Gasteiger charge is -2.24. The molecule has 314 valence electrons. The first-order valence-electron chi connectivity index (χ1n) is 21.4. The van der Waals surface area contributed by atoms with Crippen molar-refractivity contribution in [1.29, 1.82) is 0 Å². The normalized spacial score (nSPS) is 14.1. The highest BCUT2D eigenvalue weighted by molar-refractivity contribution is 7.47. The Morgan fingerprint density at radius 1 is 0.630 bits per heavy atom. The highest BCUT2D eigenvalue weighted by Crippen LogP contribution is 2.43. The summed E-state index contributed by atoms with van der Waals surface area (Å²) in [6.07, 6.45) is 40.8. The van der Waals surface area contributed by atoms with Crippen molar-refractivity contribution in [3.05, 3.63) is 48.8 Å². The van der Waals surface area contributed by atoms with Gasteiger partial charge in [-0.25, -0.2) is 4.57 Å². The van der Waals surface area contributed by atoms with Gasteiger partial charge in [0.2, 0.25) is 0 Å². The lowest BCUT2D eigenvalue weighted by atomic mass is 10.1. The van der Waals surface area contributed by atoms with Crippen LogP contribution in [0.2, 0.25) is 0 Å². The lowest BCUT2D eigenvalue weighted by molar-refractivity contribution is -0.870. The van der Waals surface area contributed by atoms with E-state index in [0.29, 0.717) is 23.9 Å². The maximum Gasteiger partial charge on any atom is 0.472 e. The van der Waals surface area contributed by atoms with Gasteiger partial charge in [0, 0.05) is 12.8 Å². The van der Waals surface area contributed by atoms with Crippen molar-refractivity contribution in [2.24, 2.45) is 0 Å². The van der Waals surface area contributed by atoms with Crippen molar-refractivity contribution in [2.75, 3.05) is 47.5 Å². The van der Waals surface area contributed by atoms with Crippen LogP contribution in [-0.2, 0) is 32.7 Å². The van der Waals surface area contributed by atoms with Crippen molar-refractivity contribution in [1.82, 2.24) is 0 Å². The summed E-state index contributed by atoms with van der Waals surface area (Å²) in [7, 11) is 1.61. The summed E-state index contributed by atoms with van der Waals surface area (Å²) in [4.78, 5) is 34.4. The Balaban J connectivity index is 4.39. The van der Waals surface area contributed by atoms with E-state index in [1.807, 2.05) is 39.4 Å². The van der Waals surface area contributed by atoms with Crippen LogP contribution in [0.4, 0.5) is 0 Å². The number of quaternary nitrogens is 1. The maximum absolute atomic E-state index is 12.5. The van der Waals surface area contributed by atoms with Crippen LogP contribution in [0.3, 0.4) is 0 Å². The van der Waals surface area contributed by atoms with E-state index in [9.17, 15) is 19.0 Å². The maximum atomic E-state index is 12.5. The van der Waals surface area contributed by atoms with Gasteiger partial charge in [-0.2, -0.15) is 0 Å². The van der Waals surface area contributed by atoms with Crippen LogP contribution < -0.4 is 0 Å². The SMILES string of the molecule is CCCCCCCC/C=C\CCCCCC/C=C/O[C@H](COC(=O)CCCCCCC/C=C\C=C\C(=O)CCCCC)COP(=O)(O)OCC[N+](C)(C)C. The summed E-state index contributed by atoms with van der Waals surface area (Å²) in [6.45, 7) is 4.67. The number of allylic oxidation sites excluding steroid dienone is 7. The van der Waals surface area contributed by atoms with Crippen LogP contribution >= 0.6 is 7.82 Å². The van der Waals surface area contributed by atoms with E-state index in [1.165, 1.54) is 57.8 Å². The van der Waals surface area contributed by atoms with Gasteiger partial charge in [0.15, 0.2) is 11.9 Å². The van der Waals surface area contributed by atoms with E-state index in [1.54, 1.807) is 12.3 Å². The van der Waals surface area contributed by atoms with E-state index in [-0.39, 0.29) is 31.6 Å². The van der Waals surface area contributed by atoms with Gasteiger partial charge in [0.05, 0.1) is 34.0 Å². The molecule has 9 nitrogen and oxygen atoms in total. The van der Waals surface area contributed by atoms with Gasteiger partial charge in [0.1, 0.15) is 19.8 Å². The second-order valence-corrected chi connectivity index (χ2v) is 16.9. The molecule has 10 heteroatoms. The van der Waals surface area contributed by atoms with Crippen molar-refractivity contribution in [3.8, 4) is 0 Å². The number of carbonyl (C=O) groups is 2. The Labute approximate surface area is 331 Å². The van der Waals surface area contributed by atoms with Gasteiger partial charge in [-0.05, 0) is 76.4 Å². The molecule has 1 unspecified atom stereocenters. The minimum Gasteiger partial charge on any atom is -0.492 e. The molecule has 0 aromatic heterocycles. The molecule has 0 aromatic carbocycles. The molecule has 0 aromatic rings. The molecule has 0 fully saturated rings. The van der Waals surface area contributed by atoms with Gasteiger partial charge in [-0.15, -0.1) is 0 Å². The Hall–Kier alpha value is -2.03. The van der Waals surface area contributed by atoms with Gasteiger partial charge in [-0.3, -0.25) is 18.6 Å². The molecule has 0 aliphatic rings. The molecule has 54 heavy (non-hydrogen) atoms. The van der Waals surface area contributed by atoms with E-state index >= 15 is 0 Å². The highest BCUT2D eigenvalue weighted by Gasteiger charge is 2.25. The minimum atomic E-state index is -4.29. The molecular formula is C44H81NO8P+. The third-order valence-electron chi connectivity index (χ3n) is 8.93. The van der Waals surface area contributed by atoms with Crippen LogP contribution in [0.1, 0.15) is 168 Å². The zero-order valence-corrected chi connectivity index (χ0v) is 36.1.